The highest BCUT2D eigenvalue weighted by molar-refractivity contribution is 8.39. The number of hydrogen-bond acceptors (Lipinski definition) is 4. The molecular weight excluding hydrogens is 196 g/mol. The topological polar surface area (TPSA) is 72.5 Å². The smallest absolute Gasteiger partial charge is 0.257 e. The molecule has 1 aliphatic rings. The normalized spacial score (nSPS) is 19.1. The molecule has 0 saturated heterocycles. The first-order chi connectivity index (χ1) is 5.59. The van der Waals surface area contributed by atoms with Gasteiger partial charge in [-0.3, -0.25) is 9.59 Å². The third-order valence-electron chi connectivity index (χ3n) is 1.21. The van der Waals surface area contributed by atoms with Gasteiger partial charge in [-0.2, -0.15) is 4.99 Å². The molecule has 2 amide bonds. The van der Waals surface area contributed by atoms with Crippen molar-refractivity contribution in [2.75, 3.05) is 5.75 Å². The Kier molecular flexibility index (Phi) is 3.16. The van der Waals surface area contributed by atoms with Crippen LogP contribution >= 0.6 is 23.5 Å². The van der Waals surface area contributed by atoms with Crippen LogP contribution in [0.15, 0.2) is 4.99 Å². The average molecular weight is 204 g/mol. The minimum atomic E-state index is -0.386. The summed E-state index contributed by atoms with van der Waals surface area (Å²) in [6, 6.07) is 0. The molecule has 4 nitrogen and oxygen atoms in total. The van der Waals surface area contributed by atoms with E-state index in [0.29, 0.717) is 10.1 Å². The SMILES string of the molecule is CC(SC1=NC(=O)CS1)C(N)=O. The number of nitrogens with zero attached hydrogens (tertiary/aromatic N) is 1. The van der Waals surface area contributed by atoms with Crippen molar-refractivity contribution in [3.8, 4) is 0 Å². The van der Waals surface area contributed by atoms with E-state index in [2.05, 4.69) is 4.99 Å². The summed E-state index contributed by atoms with van der Waals surface area (Å²) in [7, 11) is 0. The monoisotopic (exact) mass is 204 g/mol. The van der Waals surface area contributed by atoms with Crippen LogP contribution in [0.2, 0.25) is 0 Å². The van der Waals surface area contributed by atoms with Gasteiger partial charge in [0.15, 0.2) is 0 Å². The Morgan fingerprint density at radius 3 is 2.92 bits per heavy atom. The lowest BCUT2D eigenvalue weighted by molar-refractivity contribution is -0.117. The lowest BCUT2D eigenvalue weighted by Crippen LogP contribution is -2.23. The van der Waals surface area contributed by atoms with E-state index in [9.17, 15) is 9.59 Å². The van der Waals surface area contributed by atoms with Crippen LogP contribution in [-0.2, 0) is 9.59 Å². The van der Waals surface area contributed by atoms with Crippen molar-refractivity contribution in [3.05, 3.63) is 0 Å². The van der Waals surface area contributed by atoms with Crippen LogP contribution in [0.5, 0.6) is 0 Å². The number of nitrogens with two attached hydrogens (primary N) is 1. The molecule has 1 unspecified atom stereocenters. The number of thioether (sulfide) groups is 2. The predicted molar refractivity (Wildman–Crippen MR) is 51.1 cm³/mol. The number of hydrogen-bond donors (Lipinski definition) is 1. The van der Waals surface area contributed by atoms with Gasteiger partial charge >= 0.3 is 0 Å². The van der Waals surface area contributed by atoms with Gasteiger partial charge < -0.3 is 5.73 Å². The van der Waals surface area contributed by atoms with Crippen LogP contribution in [-0.4, -0.2) is 27.2 Å². The molecule has 0 fully saturated rings. The Balaban J connectivity index is 2.47. The van der Waals surface area contributed by atoms with Crippen LogP contribution in [0, 0.1) is 0 Å². The summed E-state index contributed by atoms with van der Waals surface area (Å²) in [5.41, 5.74) is 5.04. The second-order valence-corrected chi connectivity index (χ2v) is 4.77. The molecule has 12 heavy (non-hydrogen) atoms. The fourth-order valence-electron chi connectivity index (χ4n) is 0.560. The summed E-state index contributed by atoms with van der Waals surface area (Å²) in [4.78, 5) is 25.0. The molecule has 0 saturated carbocycles. The van der Waals surface area contributed by atoms with Crippen LogP contribution in [0.1, 0.15) is 6.92 Å². The molecule has 0 bridgehead atoms. The van der Waals surface area contributed by atoms with Crippen molar-refractivity contribution in [1.82, 2.24) is 0 Å². The second kappa shape index (κ2) is 3.95. The van der Waals surface area contributed by atoms with E-state index in [0.717, 1.165) is 0 Å². The molecule has 6 heteroatoms. The standard InChI is InChI=1S/C6H8N2O2S2/c1-3(5(7)10)12-6-8-4(9)2-11-6/h3H,2H2,1H3,(H2,7,10). The predicted octanol–water partition coefficient (Wildman–Crippen LogP) is 0.223. The number of amides is 2. The molecular formula is C6H8N2O2S2. The summed E-state index contributed by atoms with van der Waals surface area (Å²) in [5, 5.41) is -0.317. The third-order valence-corrected chi connectivity index (χ3v) is 3.46. The highest BCUT2D eigenvalue weighted by Crippen LogP contribution is 2.25. The van der Waals surface area contributed by atoms with Crippen LogP contribution < -0.4 is 5.73 Å². The van der Waals surface area contributed by atoms with E-state index in [1.54, 1.807) is 6.92 Å². The molecule has 0 aliphatic carbocycles. The van der Waals surface area contributed by atoms with Gasteiger partial charge in [-0.1, -0.05) is 23.5 Å². The molecule has 0 aromatic rings. The van der Waals surface area contributed by atoms with Crippen molar-refractivity contribution < 1.29 is 9.59 Å². The summed E-state index contributed by atoms with van der Waals surface area (Å²) in [6.07, 6.45) is 0. The summed E-state index contributed by atoms with van der Waals surface area (Å²) in [6.45, 7) is 1.69. The quantitative estimate of drug-likeness (QED) is 0.698. The molecule has 1 rings (SSSR count). The van der Waals surface area contributed by atoms with Gasteiger partial charge in [0.2, 0.25) is 5.91 Å². The number of aliphatic imine (C=N–C) groups is 1. The zero-order valence-corrected chi connectivity index (χ0v) is 8.08. The highest BCUT2D eigenvalue weighted by Gasteiger charge is 2.19. The Hall–Kier alpha value is -0.490. The maximum atomic E-state index is 10.7. The molecule has 1 heterocycles. The molecule has 66 valence electrons. The zero-order chi connectivity index (χ0) is 9.14. The van der Waals surface area contributed by atoms with Crippen molar-refractivity contribution in [2.24, 2.45) is 10.7 Å². The Labute approximate surface area is 78.4 Å². The molecule has 0 aromatic carbocycles. The number of rotatable bonds is 2. The summed E-state index contributed by atoms with van der Waals surface area (Å²) < 4.78 is 0.645. The van der Waals surface area contributed by atoms with Gasteiger partial charge in [0.05, 0.1) is 11.0 Å². The largest absolute Gasteiger partial charge is 0.369 e. The first kappa shape index (κ1) is 9.60. The number of carbonyl (C=O) groups excluding carboxylic acids is 2. The summed E-state index contributed by atoms with van der Waals surface area (Å²) in [5.74, 6) is -0.143. The maximum absolute atomic E-state index is 10.7. The summed E-state index contributed by atoms with van der Waals surface area (Å²) >= 11 is 2.59. The molecule has 1 atom stereocenters. The van der Waals surface area contributed by atoms with Crippen molar-refractivity contribution in [1.29, 1.82) is 0 Å². The average Bonchev–Trinajstić information content (AvgIpc) is 2.35. The van der Waals surface area contributed by atoms with E-state index < -0.39 is 0 Å². The third kappa shape index (κ3) is 2.53. The Morgan fingerprint density at radius 1 is 1.83 bits per heavy atom. The fourth-order valence-corrected chi connectivity index (χ4v) is 2.49. The fraction of sp³-hybridized carbons (Fsp3) is 0.500. The first-order valence-electron chi connectivity index (χ1n) is 3.30. The van der Waals surface area contributed by atoms with Gasteiger partial charge in [-0.15, -0.1) is 0 Å². The van der Waals surface area contributed by atoms with E-state index >= 15 is 0 Å². The van der Waals surface area contributed by atoms with Crippen LogP contribution in [0.4, 0.5) is 0 Å². The lowest BCUT2D eigenvalue weighted by Gasteiger charge is -2.03. The minimum Gasteiger partial charge on any atom is -0.369 e. The highest BCUT2D eigenvalue weighted by atomic mass is 32.2. The van der Waals surface area contributed by atoms with Crippen molar-refractivity contribution in [3.63, 3.8) is 0 Å². The molecule has 2 N–H and O–H groups in total. The lowest BCUT2D eigenvalue weighted by atomic mass is 10.5. The van der Waals surface area contributed by atoms with E-state index in [4.69, 9.17) is 5.73 Å². The number of primary amides is 1. The van der Waals surface area contributed by atoms with Gasteiger partial charge in [0.25, 0.3) is 5.91 Å². The van der Waals surface area contributed by atoms with Crippen LogP contribution in [0.25, 0.3) is 0 Å². The van der Waals surface area contributed by atoms with E-state index in [-0.39, 0.29) is 17.1 Å². The minimum absolute atomic E-state index is 0.140. The van der Waals surface area contributed by atoms with E-state index in [1.807, 2.05) is 0 Å². The van der Waals surface area contributed by atoms with E-state index in [1.165, 1.54) is 23.5 Å². The van der Waals surface area contributed by atoms with Gasteiger partial charge in [-0.05, 0) is 6.92 Å². The zero-order valence-electron chi connectivity index (χ0n) is 6.44. The number of carbonyl (C=O) groups is 2. The van der Waals surface area contributed by atoms with Gasteiger partial charge in [-0.25, -0.2) is 0 Å². The molecule has 0 spiro atoms. The Bertz CT molecular complexity index is 252. The molecule has 1 aliphatic heterocycles. The maximum Gasteiger partial charge on any atom is 0.257 e. The van der Waals surface area contributed by atoms with Crippen molar-refractivity contribution >= 4 is 39.7 Å². The molecule has 0 aromatic heterocycles. The first-order valence-corrected chi connectivity index (χ1v) is 5.16. The Morgan fingerprint density at radius 2 is 2.50 bits per heavy atom. The molecule has 0 radical (unpaired) electrons. The van der Waals surface area contributed by atoms with Crippen molar-refractivity contribution in [2.45, 2.75) is 12.2 Å². The van der Waals surface area contributed by atoms with Crippen LogP contribution in [0.3, 0.4) is 0 Å². The van der Waals surface area contributed by atoms with Gasteiger partial charge in [0, 0.05) is 0 Å². The second-order valence-electron chi connectivity index (χ2n) is 2.22. The van der Waals surface area contributed by atoms with Gasteiger partial charge in [0.1, 0.15) is 4.38 Å².